The molecule has 2 heterocycles. The first-order valence-corrected chi connectivity index (χ1v) is 13.2. The molecule has 2 N–H and O–H groups in total. The topological polar surface area (TPSA) is 114 Å². The van der Waals surface area contributed by atoms with E-state index in [1.807, 2.05) is 13.8 Å². The number of amides is 2. The molecule has 0 bridgehead atoms. The van der Waals surface area contributed by atoms with Crippen molar-refractivity contribution in [2.24, 2.45) is 17.6 Å². The van der Waals surface area contributed by atoms with Crippen LogP contribution in [0.1, 0.15) is 43.5 Å². The van der Waals surface area contributed by atoms with Crippen LogP contribution in [0, 0.1) is 11.8 Å². The van der Waals surface area contributed by atoms with Crippen LogP contribution in [-0.4, -0.2) is 60.1 Å². The van der Waals surface area contributed by atoms with Gasteiger partial charge in [0.25, 0.3) is 5.91 Å². The highest BCUT2D eigenvalue weighted by Crippen LogP contribution is 2.28. The first kappa shape index (κ1) is 26.1. The molecule has 2 amide bonds. The number of halogens is 1. The van der Waals surface area contributed by atoms with Gasteiger partial charge in [-0.2, -0.15) is 4.31 Å². The zero-order chi connectivity index (χ0) is 24.9. The number of primary amides is 1. The van der Waals surface area contributed by atoms with Gasteiger partial charge in [0.05, 0.1) is 4.90 Å². The van der Waals surface area contributed by atoms with Crippen LogP contribution in [0.4, 0.5) is 0 Å². The molecule has 10 heteroatoms. The predicted molar refractivity (Wildman–Crippen MR) is 131 cm³/mol. The molecule has 1 fully saturated rings. The van der Waals surface area contributed by atoms with Gasteiger partial charge in [0, 0.05) is 42.6 Å². The number of carbonyl (C=O) groups excluding carboxylic acids is 2. The summed E-state index contributed by atoms with van der Waals surface area (Å²) < 4.78 is 28.5. The molecule has 3 rings (SSSR count). The van der Waals surface area contributed by atoms with Crippen molar-refractivity contribution in [3.8, 4) is 0 Å². The summed E-state index contributed by atoms with van der Waals surface area (Å²) in [6.45, 7) is 5.01. The van der Waals surface area contributed by atoms with Gasteiger partial charge in [-0.05, 0) is 67.5 Å². The van der Waals surface area contributed by atoms with E-state index in [4.69, 9.17) is 17.3 Å². The van der Waals surface area contributed by atoms with Crippen molar-refractivity contribution < 1.29 is 18.0 Å². The summed E-state index contributed by atoms with van der Waals surface area (Å²) in [5, 5.41) is 0.422. The second-order valence-corrected chi connectivity index (χ2v) is 11.4. The molecule has 1 saturated heterocycles. The summed E-state index contributed by atoms with van der Waals surface area (Å²) in [7, 11) is -3.99. The van der Waals surface area contributed by atoms with Crippen LogP contribution < -0.4 is 5.73 Å². The molecule has 0 aliphatic carbocycles. The van der Waals surface area contributed by atoms with E-state index in [9.17, 15) is 18.0 Å². The van der Waals surface area contributed by atoms with Crippen molar-refractivity contribution in [2.45, 2.75) is 44.0 Å². The van der Waals surface area contributed by atoms with Crippen LogP contribution in [0.3, 0.4) is 0 Å². The molecule has 0 saturated carbocycles. The van der Waals surface area contributed by atoms with E-state index in [0.717, 1.165) is 0 Å². The minimum Gasteiger partial charge on any atom is -0.368 e. The third-order valence-corrected chi connectivity index (χ3v) is 8.20. The quantitative estimate of drug-likeness (QED) is 0.561. The SMILES string of the molecule is CC(C)C[C@H](C(N)=O)N(CC1CCN(C(=O)c2ccncc2)CC1)S(=O)(=O)c1ccc(Cl)cc1. The summed E-state index contributed by atoms with van der Waals surface area (Å²) in [6, 6.07) is 8.30. The van der Waals surface area contributed by atoms with Crippen LogP contribution in [0.25, 0.3) is 0 Å². The van der Waals surface area contributed by atoms with E-state index in [2.05, 4.69) is 4.98 Å². The van der Waals surface area contributed by atoms with Crippen molar-refractivity contribution in [3.63, 3.8) is 0 Å². The minimum absolute atomic E-state index is 0.0161. The van der Waals surface area contributed by atoms with E-state index < -0.39 is 22.0 Å². The lowest BCUT2D eigenvalue weighted by Crippen LogP contribution is -2.51. The molecule has 0 spiro atoms. The number of nitrogens with zero attached hydrogens (tertiary/aromatic N) is 3. The van der Waals surface area contributed by atoms with Gasteiger partial charge in [-0.25, -0.2) is 8.42 Å². The molecule has 0 radical (unpaired) electrons. The Balaban J connectivity index is 1.80. The molecule has 34 heavy (non-hydrogen) atoms. The third-order valence-electron chi connectivity index (χ3n) is 6.06. The number of rotatable bonds is 9. The lowest BCUT2D eigenvalue weighted by Gasteiger charge is -2.37. The molecular weight excluding hydrogens is 476 g/mol. The zero-order valence-electron chi connectivity index (χ0n) is 19.4. The summed E-state index contributed by atoms with van der Waals surface area (Å²) in [5.74, 6) is -0.685. The Bertz CT molecular complexity index is 1090. The van der Waals surface area contributed by atoms with Gasteiger partial charge in [-0.3, -0.25) is 14.6 Å². The largest absolute Gasteiger partial charge is 0.368 e. The van der Waals surface area contributed by atoms with Crippen LogP contribution >= 0.6 is 11.6 Å². The fourth-order valence-electron chi connectivity index (χ4n) is 4.21. The number of carbonyl (C=O) groups is 2. The monoisotopic (exact) mass is 506 g/mol. The molecule has 1 aromatic heterocycles. The van der Waals surface area contributed by atoms with Gasteiger partial charge >= 0.3 is 0 Å². The number of hydrogen-bond donors (Lipinski definition) is 1. The lowest BCUT2D eigenvalue weighted by molar-refractivity contribution is -0.122. The first-order chi connectivity index (χ1) is 16.1. The molecule has 2 aromatic rings. The maximum absolute atomic E-state index is 13.6. The second kappa shape index (κ2) is 11.3. The fraction of sp³-hybridized carbons (Fsp3) is 0.458. The van der Waals surface area contributed by atoms with E-state index in [1.54, 1.807) is 29.4 Å². The van der Waals surface area contributed by atoms with E-state index in [1.165, 1.54) is 28.6 Å². The van der Waals surface area contributed by atoms with Crippen LogP contribution in [0.5, 0.6) is 0 Å². The van der Waals surface area contributed by atoms with Gasteiger partial charge < -0.3 is 10.6 Å². The minimum atomic E-state index is -3.99. The maximum atomic E-state index is 13.6. The van der Waals surface area contributed by atoms with Crippen molar-refractivity contribution >= 4 is 33.4 Å². The van der Waals surface area contributed by atoms with Crippen molar-refractivity contribution in [2.75, 3.05) is 19.6 Å². The van der Waals surface area contributed by atoms with Gasteiger partial charge in [0.1, 0.15) is 6.04 Å². The van der Waals surface area contributed by atoms with Gasteiger partial charge in [0.15, 0.2) is 0 Å². The Morgan fingerprint density at radius 3 is 2.24 bits per heavy atom. The fourth-order valence-corrected chi connectivity index (χ4v) is 6.02. The number of hydrogen-bond acceptors (Lipinski definition) is 5. The van der Waals surface area contributed by atoms with Crippen molar-refractivity contribution in [1.82, 2.24) is 14.2 Å². The van der Waals surface area contributed by atoms with Crippen molar-refractivity contribution in [3.05, 3.63) is 59.4 Å². The molecular formula is C24H31ClN4O4S. The second-order valence-electron chi connectivity index (χ2n) is 9.05. The summed E-state index contributed by atoms with van der Waals surface area (Å²) in [5.41, 5.74) is 6.27. The van der Waals surface area contributed by atoms with Crippen LogP contribution in [0.2, 0.25) is 5.02 Å². The Labute approximate surface area is 206 Å². The predicted octanol–water partition coefficient (Wildman–Crippen LogP) is 3.18. The van der Waals surface area contributed by atoms with Crippen molar-refractivity contribution in [1.29, 1.82) is 0 Å². The Morgan fingerprint density at radius 1 is 1.12 bits per heavy atom. The Hall–Kier alpha value is -2.49. The van der Waals surface area contributed by atoms with E-state index in [0.29, 0.717) is 42.9 Å². The maximum Gasteiger partial charge on any atom is 0.253 e. The number of piperidine rings is 1. The molecule has 1 atom stereocenters. The van der Waals surface area contributed by atoms with Gasteiger partial charge in [-0.15, -0.1) is 0 Å². The number of aromatic nitrogens is 1. The van der Waals surface area contributed by atoms with Gasteiger partial charge in [0.2, 0.25) is 15.9 Å². The summed E-state index contributed by atoms with van der Waals surface area (Å²) in [4.78, 5) is 30.9. The smallest absolute Gasteiger partial charge is 0.253 e. The number of benzene rings is 1. The van der Waals surface area contributed by atoms with Crippen LogP contribution in [0.15, 0.2) is 53.7 Å². The lowest BCUT2D eigenvalue weighted by atomic mass is 9.95. The number of pyridine rings is 1. The van der Waals surface area contributed by atoms with Gasteiger partial charge in [-0.1, -0.05) is 25.4 Å². The third kappa shape index (κ3) is 6.34. The Kier molecular flexibility index (Phi) is 8.67. The molecule has 184 valence electrons. The standard InChI is InChI=1S/C24H31ClN4O4S/c1-17(2)15-22(23(26)30)29(34(32,33)21-5-3-20(25)4-6-21)16-18-9-13-28(14-10-18)24(31)19-7-11-27-12-8-19/h3-8,11-12,17-18,22H,9-10,13-16H2,1-2H3,(H2,26,30)/t22-/m1/s1. The molecule has 1 aliphatic heterocycles. The summed E-state index contributed by atoms with van der Waals surface area (Å²) in [6.07, 6.45) is 4.73. The highest BCUT2D eigenvalue weighted by Gasteiger charge is 2.37. The highest BCUT2D eigenvalue weighted by molar-refractivity contribution is 7.89. The highest BCUT2D eigenvalue weighted by atomic mass is 35.5. The first-order valence-electron chi connectivity index (χ1n) is 11.4. The average molecular weight is 507 g/mol. The molecule has 0 unspecified atom stereocenters. The zero-order valence-corrected chi connectivity index (χ0v) is 21.0. The van der Waals surface area contributed by atoms with E-state index in [-0.39, 0.29) is 29.2 Å². The Morgan fingerprint density at radius 2 is 1.71 bits per heavy atom. The van der Waals surface area contributed by atoms with Crippen LogP contribution in [-0.2, 0) is 14.8 Å². The number of likely N-dealkylation sites (tertiary alicyclic amines) is 1. The summed E-state index contributed by atoms with van der Waals surface area (Å²) >= 11 is 5.94. The normalized spacial score (nSPS) is 16.1. The average Bonchev–Trinajstić information content (AvgIpc) is 2.81. The molecule has 1 aromatic carbocycles. The number of sulfonamides is 1. The molecule has 1 aliphatic rings. The van der Waals surface area contributed by atoms with E-state index >= 15 is 0 Å². The number of nitrogens with two attached hydrogens (primary N) is 1. The molecule has 8 nitrogen and oxygen atoms in total.